The molecule has 8 heteroatoms. The van der Waals surface area contributed by atoms with Crippen LogP contribution in [0.1, 0.15) is 15.9 Å². The van der Waals surface area contributed by atoms with Crippen LogP contribution < -0.4 is 16.0 Å². The van der Waals surface area contributed by atoms with Crippen LogP contribution in [-0.4, -0.2) is 23.5 Å². The summed E-state index contributed by atoms with van der Waals surface area (Å²) < 4.78 is 13.8. The molecule has 0 radical (unpaired) electrons. The predicted octanol–water partition coefficient (Wildman–Crippen LogP) is 7.63. The van der Waals surface area contributed by atoms with Crippen molar-refractivity contribution >= 4 is 46.9 Å². The lowest BCUT2D eigenvalue weighted by molar-refractivity contribution is -0.114. The van der Waals surface area contributed by atoms with Crippen LogP contribution in [0, 0.1) is 5.82 Å². The molecule has 0 saturated heterocycles. The maximum atomic E-state index is 13.8. The van der Waals surface area contributed by atoms with Crippen LogP contribution >= 0.6 is 11.8 Å². The number of thioether (sulfide) groups is 1. The van der Waals surface area contributed by atoms with Crippen molar-refractivity contribution in [2.24, 2.45) is 0 Å². The van der Waals surface area contributed by atoms with Crippen LogP contribution in [0.25, 0.3) is 17.2 Å². The minimum atomic E-state index is -0.497. The number of hydrogen-bond donors (Lipinski definition) is 3. The number of carbonyl (C=O) groups excluding carboxylic acids is 3. The van der Waals surface area contributed by atoms with Crippen molar-refractivity contribution in [3.05, 3.63) is 156 Å². The highest BCUT2D eigenvalue weighted by Crippen LogP contribution is 2.23. The average Bonchev–Trinajstić information content (AvgIpc) is 3.06. The molecule has 6 nitrogen and oxygen atoms in total. The van der Waals surface area contributed by atoms with Crippen LogP contribution in [0.5, 0.6) is 0 Å². The molecule has 0 unspecified atom stereocenters. The zero-order valence-corrected chi connectivity index (χ0v) is 24.3. The first-order valence-corrected chi connectivity index (χ1v) is 14.8. The zero-order chi connectivity index (χ0) is 30.7. The van der Waals surface area contributed by atoms with Crippen molar-refractivity contribution in [1.82, 2.24) is 5.32 Å². The SMILES string of the molecule is O=C(CSc1ccc(NC(=O)/C(=C/c2ccc(-c3ccccc3)cc2)NC(=O)c2ccccc2)cc1)Nc1ccccc1F. The van der Waals surface area contributed by atoms with Crippen LogP contribution in [-0.2, 0) is 9.59 Å². The van der Waals surface area contributed by atoms with E-state index in [1.54, 1.807) is 66.7 Å². The standard InChI is InChI=1S/C36H28FN3O3S/c37-31-13-7-8-14-32(31)39-34(41)24-44-30-21-19-29(20-22-30)38-36(43)33(40-35(42)28-11-5-2-6-12-28)23-25-15-17-27(18-16-25)26-9-3-1-4-10-26/h1-23H,24H2,(H,38,43)(H,39,41)(H,40,42)/b33-23-. The third-order valence-electron chi connectivity index (χ3n) is 6.49. The largest absolute Gasteiger partial charge is 0.323 e. The van der Waals surface area contributed by atoms with E-state index < -0.39 is 17.6 Å². The fourth-order valence-corrected chi connectivity index (χ4v) is 4.94. The lowest BCUT2D eigenvalue weighted by Crippen LogP contribution is -2.30. The second kappa shape index (κ2) is 14.6. The van der Waals surface area contributed by atoms with Crippen LogP contribution in [0.15, 0.2) is 144 Å². The Morgan fingerprint density at radius 3 is 1.95 bits per heavy atom. The molecule has 5 rings (SSSR count). The highest BCUT2D eigenvalue weighted by atomic mass is 32.2. The van der Waals surface area contributed by atoms with E-state index in [1.807, 2.05) is 60.7 Å². The van der Waals surface area contributed by atoms with Gasteiger partial charge in [-0.15, -0.1) is 11.8 Å². The number of hydrogen-bond acceptors (Lipinski definition) is 4. The van der Waals surface area contributed by atoms with Crippen molar-refractivity contribution in [1.29, 1.82) is 0 Å². The molecular weight excluding hydrogens is 573 g/mol. The Morgan fingerprint density at radius 2 is 1.27 bits per heavy atom. The topological polar surface area (TPSA) is 87.3 Å². The molecule has 0 atom stereocenters. The lowest BCUT2D eigenvalue weighted by atomic mass is 10.0. The summed E-state index contributed by atoms with van der Waals surface area (Å²) in [4.78, 5) is 39.4. The quantitative estimate of drug-likeness (QED) is 0.113. The zero-order valence-electron chi connectivity index (χ0n) is 23.5. The van der Waals surface area contributed by atoms with Crippen molar-refractivity contribution < 1.29 is 18.8 Å². The molecule has 0 aliphatic rings. The van der Waals surface area contributed by atoms with E-state index >= 15 is 0 Å². The number of rotatable bonds is 10. The lowest BCUT2D eigenvalue weighted by Gasteiger charge is -2.12. The Hall–Kier alpha value is -5.47. The second-order valence-electron chi connectivity index (χ2n) is 9.66. The van der Waals surface area contributed by atoms with E-state index in [9.17, 15) is 18.8 Å². The Morgan fingerprint density at radius 1 is 0.659 bits per heavy atom. The van der Waals surface area contributed by atoms with E-state index in [1.165, 1.54) is 23.9 Å². The molecule has 3 N–H and O–H groups in total. The van der Waals surface area contributed by atoms with E-state index in [0.717, 1.165) is 21.6 Å². The van der Waals surface area contributed by atoms with E-state index in [0.29, 0.717) is 11.3 Å². The van der Waals surface area contributed by atoms with Gasteiger partial charge in [-0.1, -0.05) is 84.9 Å². The van der Waals surface area contributed by atoms with E-state index in [2.05, 4.69) is 16.0 Å². The summed E-state index contributed by atoms with van der Waals surface area (Å²) in [5.41, 5.74) is 3.99. The van der Waals surface area contributed by atoms with Gasteiger partial charge in [0.15, 0.2) is 0 Å². The summed E-state index contributed by atoms with van der Waals surface area (Å²) in [6.45, 7) is 0. The summed E-state index contributed by atoms with van der Waals surface area (Å²) in [6, 6.07) is 39.3. The van der Waals surface area contributed by atoms with Gasteiger partial charge in [-0.05, 0) is 71.3 Å². The monoisotopic (exact) mass is 601 g/mol. The van der Waals surface area contributed by atoms with Gasteiger partial charge in [0.2, 0.25) is 5.91 Å². The number of para-hydroxylation sites is 1. The Kier molecular flexibility index (Phi) is 9.97. The minimum absolute atomic E-state index is 0.0783. The molecule has 44 heavy (non-hydrogen) atoms. The highest BCUT2D eigenvalue weighted by Gasteiger charge is 2.15. The van der Waals surface area contributed by atoms with Gasteiger partial charge in [-0.3, -0.25) is 14.4 Å². The summed E-state index contributed by atoms with van der Waals surface area (Å²) in [6.07, 6.45) is 1.63. The van der Waals surface area contributed by atoms with Gasteiger partial charge in [0.1, 0.15) is 11.5 Å². The third kappa shape index (κ3) is 8.30. The number of amides is 3. The van der Waals surface area contributed by atoms with Crippen LogP contribution in [0.4, 0.5) is 15.8 Å². The smallest absolute Gasteiger partial charge is 0.272 e. The van der Waals surface area contributed by atoms with Gasteiger partial charge < -0.3 is 16.0 Å². The van der Waals surface area contributed by atoms with Gasteiger partial charge >= 0.3 is 0 Å². The average molecular weight is 602 g/mol. The first kappa shape index (κ1) is 30.0. The molecule has 0 saturated carbocycles. The molecule has 5 aromatic rings. The summed E-state index contributed by atoms with van der Waals surface area (Å²) in [5.74, 6) is -1.65. The molecule has 0 heterocycles. The maximum Gasteiger partial charge on any atom is 0.272 e. The Balaban J connectivity index is 1.26. The molecule has 5 aromatic carbocycles. The number of carbonyl (C=O) groups is 3. The number of benzene rings is 5. The van der Waals surface area contributed by atoms with E-state index in [4.69, 9.17) is 0 Å². The molecule has 0 aliphatic carbocycles. The first-order chi connectivity index (χ1) is 21.4. The summed E-state index contributed by atoms with van der Waals surface area (Å²) >= 11 is 1.28. The molecule has 218 valence electrons. The van der Waals surface area contributed by atoms with Gasteiger partial charge in [0.25, 0.3) is 11.8 Å². The van der Waals surface area contributed by atoms with E-state index in [-0.39, 0.29) is 23.0 Å². The van der Waals surface area contributed by atoms with Crippen LogP contribution in [0.3, 0.4) is 0 Å². The molecule has 3 amide bonds. The van der Waals surface area contributed by atoms with Gasteiger partial charge in [0, 0.05) is 16.1 Å². The van der Waals surface area contributed by atoms with Crippen molar-refractivity contribution in [2.75, 3.05) is 16.4 Å². The van der Waals surface area contributed by atoms with Gasteiger partial charge in [0.05, 0.1) is 11.4 Å². The molecule has 0 spiro atoms. The highest BCUT2D eigenvalue weighted by molar-refractivity contribution is 8.00. The van der Waals surface area contributed by atoms with Crippen molar-refractivity contribution in [2.45, 2.75) is 4.90 Å². The molecule has 0 aromatic heterocycles. The number of halogens is 1. The number of nitrogens with one attached hydrogen (secondary N) is 3. The van der Waals surface area contributed by atoms with Gasteiger partial charge in [-0.25, -0.2) is 4.39 Å². The first-order valence-electron chi connectivity index (χ1n) is 13.8. The second-order valence-corrected chi connectivity index (χ2v) is 10.7. The Labute approximate surface area is 259 Å². The van der Waals surface area contributed by atoms with Crippen molar-refractivity contribution in [3.63, 3.8) is 0 Å². The maximum absolute atomic E-state index is 13.8. The predicted molar refractivity (Wildman–Crippen MR) is 175 cm³/mol. The molecule has 0 aliphatic heterocycles. The normalized spacial score (nSPS) is 11.0. The summed E-state index contributed by atoms with van der Waals surface area (Å²) in [5, 5.41) is 8.14. The fraction of sp³-hybridized carbons (Fsp3) is 0.0278. The van der Waals surface area contributed by atoms with Gasteiger partial charge in [-0.2, -0.15) is 0 Å². The molecule has 0 bridgehead atoms. The fourth-order valence-electron chi connectivity index (χ4n) is 4.24. The minimum Gasteiger partial charge on any atom is -0.323 e. The number of anilines is 2. The Bertz CT molecular complexity index is 1780. The van der Waals surface area contributed by atoms with Crippen LogP contribution in [0.2, 0.25) is 0 Å². The van der Waals surface area contributed by atoms with Crippen molar-refractivity contribution in [3.8, 4) is 11.1 Å². The summed E-state index contributed by atoms with van der Waals surface area (Å²) in [7, 11) is 0. The third-order valence-corrected chi connectivity index (χ3v) is 7.50. The molecule has 0 fully saturated rings. The molecular formula is C36H28FN3O3S.